The van der Waals surface area contributed by atoms with E-state index in [1.807, 2.05) is 43.3 Å². The van der Waals surface area contributed by atoms with E-state index >= 15 is 0 Å². The largest absolute Gasteiger partial charge is 0.493 e. The van der Waals surface area contributed by atoms with Crippen LogP contribution in [0, 0.1) is 17.2 Å². The van der Waals surface area contributed by atoms with E-state index in [1.54, 1.807) is 0 Å². The Labute approximate surface area is 96.2 Å². The van der Waals surface area contributed by atoms with Gasteiger partial charge in [0.15, 0.2) is 0 Å². The minimum absolute atomic E-state index is 0.155. The van der Waals surface area contributed by atoms with Gasteiger partial charge in [-0.1, -0.05) is 25.1 Å². The van der Waals surface area contributed by atoms with Crippen molar-refractivity contribution in [1.29, 1.82) is 5.26 Å². The van der Waals surface area contributed by atoms with Crippen molar-refractivity contribution >= 4 is 0 Å². The first-order chi connectivity index (χ1) is 7.63. The summed E-state index contributed by atoms with van der Waals surface area (Å²) < 4.78 is 5.67. The average Bonchev–Trinajstić information content (AvgIpc) is 2.29. The zero-order chi connectivity index (χ0) is 11.8. The second kappa shape index (κ2) is 3.80. The Morgan fingerprint density at radius 1 is 1.44 bits per heavy atom. The first-order valence-electron chi connectivity index (χ1n) is 5.44. The summed E-state index contributed by atoms with van der Waals surface area (Å²) in [4.78, 5) is 1.99. The first-order valence-corrected chi connectivity index (χ1v) is 5.44. The fourth-order valence-electron chi connectivity index (χ4n) is 2.46. The zero-order valence-corrected chi connectivity index (χ0v) is 9.90. The van der Waals surface area contributed by atoms with E-state index in [0.29, 0.717) is 6.61 Å². The molecule has 2 atom stereocenters. The number of hydrogen-bond donors (Lipinski definition) is 0. The van der Waals surface area contributed by atoms with Gasteiger partial charge in [-0.3, -0.25) is 4.90 Å². The molecule has 1 aromatic carbocycles. The Balaban J connectivity index is 2.65. The Kier molecular flexibility index (Phi) is 2.61. The summed E-state index contributed by atoms with van der Waals surface area (Å²) in [6, 6.07) is 10.3. The van der Waals surface area contributed by atoms with Crippen LogP contribution >= 0.6 is 0 Å². The molecule has 0 bridgehead atoms. The second-order valence-corrected chi connectivity index (χ2v) is 4.48. The van der Waals surface area contributed by atoms with Gasteiger partial charge in [0.25, 0.3) is 0 Å². The summed E-state index contributed by atoms with van der Waals surface area (Å²) in [5.74, 6) is 0.984. The normalized spacial score (nSPS) is 28.1. The molecule has 0 saturated heterocycles. The molecule has 0 aromatic heterocycles. The van der Waals surface area contributed by atoms with Gasteiger partial charge >= 0.3 is 0 Å². The predicted molar refractivity (Wildman–Crippen MR) is 62.1 cm³/mol. The molecule has 2 rings (SSSR count). The first kappa shape index (κ1) is 11.0. The lowest BCUT2D eigenvalue weighted by Crippen LogP contribution is -2.50. The molecule has 0 radical (unpaired) electrons. The molecule has 0 N–H and O–H groups in total. The van der Waals surface area contributed by atoms with E-state index in [-0.39, 0.29) is 5.92 Å². The van der Waals surface area contributed by atoms with Crippen LogP contribution in [0.5, 0.6) is 5.75 Å². The summed E-state index contributed by atoms with van der Waals surface area (Å²) >= 11 is 0. The number of hydrogen-bond acceptors (Lipinski definition) is 3. The Morgan fingerprint density at radius 2 is 2.12 bits per heavy atom. The van der Waals surface area contributed by atoms with Crippen molar-refractivity contribution in [3.63, 3.8) is 0 Å². The molecular formula is C13H16N2O. The molecule has 3 nitrogen and oxygen atoms in total. The number of para-hydroxylation sites is 1. The molecule has 0 amide bonds. The fraction of sp³-hybridized carbons (Fsp3) is 0.462. The van der Waals surface area contributed by atoms with Crippen molar-refractivity contribution in [2.75, 3.05) is 20.7 Å². The van der Waals surface area contributed by atoms with Crippen LogP contribution in [0.3, 0.4) is 0 Å². The van der Waals surface area contributed by atoms with Gasteiger partial charge in [0.05, 0.1) is 12.7 Å². The van der Waals surface area contributed by atoms with Gasteiger partial charge in [-0.2, -0.15) is 5.26 Å². The van der Waals surface area contributed by atoms with Gasteiger partial charge in [-0.05, 0) is 20.2 Å². The lowest BCUT2D eigenvalue weighted by Gasteiger charge is -2.42. The highest BCUT2D eigenvalue weighted by Gasteiger charge is 2.45. The summed E-state index contributed by atoms with van der Waals surface area (Å²) in [6.07, 6.45) is 0. The van der Waals surface area contributed by atoms with Crippen LogP contribution in [0.2, 0.25) is 0 Å². The maximum Gasteiger partial charge on any atom is 0.143 e. The van der Waals surface area contributed by atoms with Gasteiger partial charge in [-0.15, -0.1) is 0 Å². The summed E-state index contributed by atoms with van der Waals surface area (Å²) in [6.45, 7) is 2.64. The quantitative estimate of drug-likeness (QED) is 0.720. The van der Waals surface area contributed by atoms with E-state index < -0.39 is 5.54 Å². The SMILES string of the molecule is CC1COc2ccccc2C1(C#N)N(C)C. The predicted octanol–water partition coefficient (Wildman–Crippen LogP) is 2.00. The molecule has 3 heteroatoms. The molecule has 1 aromatic rings. The summed E-state index contributed by atoms with van der Waals surface area (Å²) in [7, 11) is 3.89. The molecule has 16 heavy (non-hydrogen) atoms. The maximum absolute atomic E-state index is 9.58. The van der Waals surface area contributed by atoms with Gasteiger partial charge in [-0.25, -0.2) is 0 Å². The molecule has 0 saturated carbocycles. The third kappa shape index (κ3) is 1.30. The van der Waals surface area contributed by atoms with Gasteiger partial charge in [0.2, 0.25) is 0 Å². The van der Waals surface area contributed by atoms with Crippen LogP contribution in [0.1, 0.15) is 12.5 Å². The van der Waals surface area contributed by atoms with E-state index in [4.69, 9.17) is 4.74 Å². The van der Waals surface area contributed by atoms with Crippen LogP contribution in [0.25, 0.3) is 0 Å². The number of ether oxygens (including phenoxy) is 1. The van der Waals surface area contributed by atoms with E-state index in [0.717, 1.165) is 11.3 Å². The standard InChI is InChI=1S/C13H16N2O/c1-10-8-16-12-7-5-4-6-11(12)13(10,9-14)15(2)3/h4-7,10H,8H2,1-3H3. The summed E-state index contributed by atoms with van der Waals surface area (Å²) in [5.41, 5.74) is 0.399. The van der Waals surface area contributed by atoms with Crippen molar-refractivity contribution in [3.05, 3.63) is 29.8 Å². The number of nitriles is 1. The lowest BCUT2D eigenvalue weighted by atomic mass is 9.77. The molecule has 0 spiro atoms. The molecule has 1 heterocycles. The highest BCUT2D eigenvalue weighted by molar-refractivity contribution is 5.45. The zero-order valence-electron chi connectivity index (χ0n) is 9.90. The Bertz CT molecular complexity index is 436. The third-order valence-electron chi connectivity index (χ3n) is 3.38. The van der Waals surface area contributed by atoms with Gasteiger partial charge in [0.1, 0.15) is 11.3 Å². The van der Waals surface area contributed by atoms with Crippen LogP contribution < -0.4 is 4.74 Å². The molecule has 0 fully saturated rings. The number of fused-ring (bicyclic) bond motifs is 1. The second-order valence-electron chi connectivity index (χ2n) is 4.48. The van der Waals surface area contributed by atoms with Gasteiger partial charge < -0.3 is 4.74 Å². The van der Waals surface area contributed by atoms with E-state index in [9.17, 15) is 5.26 Å². The molecule has 0 aliphatic carbocycles. The number of rotatable bonds is 1. The lowest BCUT2D eigenvalue weighted by molar-refractivity contribution is 0.0743. The fourth-order valence-corrected chi connectivity index (χ4v) is 2.46. The topological polar surface area (TPSA) is 36.3 Å². The minimum atomic E-state index is -0.575. The van der Waals surface area contributed by atoms with Crippen LogP contribution in [-0.4, -0.2) is 25.6 Å². The minimum Gasteiger partial charge on any atom is -0.493 e. The molecule has 2 unspecified atom stereocenters. The van der Waals surface area contributed by atoms with Crippen molar-refractivity contribution in [1.82, 2.24) is 4.90 Å². The molecule has 84 valence electrons. The van der Waals surface area contributed by atoms with Crippen molar-refractivity contribution < 1.29 is 4.74 Å². The molecular weight excluding hydrogens is 200 g/mol. The number of benzene rings is 1. The van der Waals surface area contributed by atoms with Gasteiger partial charge in [0, 0.05) is 11.5 Å². The van der Waals surface area contributed by atoms with Crippen molar-refractivity contribution in [2.24, 2.45) is 5.92 Å². The molecule has 1 aliphatic rings. The maximum atomic E-state index is 9.58. The van der Waals surface area contributed by atoms with E-state index in [2.05, 4.69) is 13.0 Å². The smallest absolute Gasteiger partial charge is 0.143 e. The highest BCUT2D eigenvalue weighted by Crippen LogP contribution is 2.42. The van der Waals surface area contributed by atoms with Crippen LogP contribution in [0.4, 0.5) is 0 Å². The van der Waals surface area contributed by atoms with E-state index in [1.165, 1.54) is 0 Å². The average molecular weight is 216 g/mol. The van der Waals surface area contributed by atoms with Crippen molar-refractivity contribution in [2.45, 2.75) is 12.5 Å². The van der Waals surface area contributed by atoms with Crippen LogP contribution in [-0.2, 0) is 5.54 Å². The number of nitrogens with zero attached hydrogens (tertiary/aromatic N) is 2. The van der Waals surface area contributed by atoms with Crippen molar-refractivity contribution in [3.8, 4) is 11.8 Å². The monoisotopic (exact) mass is 216 g/mol. The highest BCUT2D eigenvalue weighted by atomic mass is 16.5. The molecule has 1 aliphatic heterocycles. The summed E-state index contributed by atoms with van der Waals surface area (Å²) in [5, 5.41) is 9.58. The van der Waals surface area contributed by atoms with Crippen LogP contribution in [0.15, 0.2) is 24.3 Å². The Morgan fingerprint density at radius 3 is 2.75 bits per heavy atom. The Hall–Kier alpha value is -1.53. The third-order valence-corrected chi connectivity index (χ3v) is 3.38.